The van der Waals surface area contributed by atoms with E-state index in [-0.39, 0.29) is 12.2 Å². The van der Waals surface area contributed by atoms with E-state index in [1.165, 1.54) is 15.9 Å². The molecule has 1 aliphatic heterocycles. The standard InChI is InChI=1S/C29H24Cl2N2O5S/c1-4-36-18-11-9-17(10-12-18)26-24(28(35)37-5-2)16(3)32-29-33(26)27(34)23(39-29)15-19-13-14-22(38-19)20-7-6-8-21(30)25(20)31/h6-15,26H,4-5H2,1-3H3/b23-15-/t26-/m0/s1. The fourth-order valence-electron chi connectivity index (χ4n) is 4.42. The quantitative estimate of drug-likeness (QED) is 0.258. The lowest BCUT2D eigenvalue weighted by Crippen LogP contribution is -2.39. The number of halogens is 2. The Bertz CT molecular complexity index is 1770. The Morgan fingerprint density at radius 2 is 1.87 bits per heavy atom. The first-order valence-corrected chi connectivity index (χ1v) is 13.9. The van der Waals surface area contributed by atoms with Crippen LogP contribution in [0.15, 0.2) is 80.1 Å². The lowest BCUT2D eigenvalue weighted by molar-refractivity contribution is -0.139. The molecule has 3 heterocycles. The summed E-state index contributed by atoms with van der Waals surface area (Å²) in [5.41, 5.74) is 1.90. The van der Waals surface area contributed by atoms with Gasteiger partial charge in [0.15, 0.2) is 4.80 Å². The molecule has 0 radical (unpaired) electrons. The van der Waals surface area contributed by atoms with Crippen molar-refractivity contribution in [1.29, 1.82) is 0 Å². The van der Waals surface area contributed by atoms with E-state index >= 15 is 0 Å². The van der Waals surface area contributed by atoms with Gasteiger partial charge in [0.2, 0.25) is 0 Å². The van der Waals surface area contributed by atoms with Crippen molar-refractivity contribution in [3.05, 3.63) is 107 Å². The number of esters is 1. The van der Waals surface area contributed by atoms with Gasteiger partial charge in [-0.25, -0.2) is 9.79 Å². The third-order valence-electron chi connectivity index (χ3n) is 6.14. The number of fused-ring (bicyclic) bond motifs is 1. The van der Waals surface area contributed by atoms with Gasteiger partial charge in [0.25, 0.3) is 5.56 Å². The van der Waals surface area contributed by atoms with Gasteiger partial charge in [-0.1, -0.05) is 52.7 Å². The first-order valence-electron chi connectivity index (χ1n) is 12.3. The molecule has 0 spiro atoms. The van der Waals surface area contributed by atoms with Crippen LogP contribution >= 0.6 is 34.5 Å². The van der Waals surface area contributed by atoms with Crippen LogP contribution in [-0.4, -0.2) is 23.8 Å². The van der Waals surface area contributed by atoms with Gasteiger partial charge in [-0.3, -0.25) is 9.36 Å². The normalized spacial score (nSPS) is 15.2. The summed E-state index contributed by atoms with van der Waals surface area (Å²) in [4.78, 5) is 31.9. The first kappa shape index (κ1) is 27.0. The zero-order valence-electron chi connectivity index (χ0n) is 21.4. The summed E-state index contributed by atoms with van der Waals surface area (Å²) in [5.74, 6) is 1.17. The topological polar surface area (TPSA) is 83.0 Å². The van der Waals surface area contributed by atoms with Gasteiger partial charge in [-0.05, 0) is 62.7 Å². The minimum atomic E-state index is -0.712. The molecule has 10 heteroatoms. The summed E-state index contributed by atoms with van der Waals surface area (Å²) in [5, 5.41) is 0.805. The van der Waals surface area contributed by atoms with Crippen LogP contribution in [0.2, 0.25) is 10.0 Å². The molecule has 1 aliphatic rings. The smallest absolute Gasteiger partial charge is 0.338 e. The van der Waals surface area contributed by atoms with Gasteiger partial charge in [0.1, 0.15) is 17.3 Å². The molecule has 200 valence electrons. The van der Waals surface area contributed by atoms with Crippen molar-refractivity contribution < 1.29 is 18.7 Å². The second-order valence-corrected chi connectivity index (χ2v) is 10.4. The van der Waals surface area contributed by atoms with Crippen LogP contribution in [0.4, 0.5) is 0 Å². The second-order valence-electron chi connectivity index (χ2n) is 8.61. The molecule has 1 atom stereocenters. The number of nitrogens with zero attached hydrogens (tertiary/aromatic N) is 2. The van der Waals surface area contributed by atoms with E-state index in [9.17, 15) is 9.59 Å². The van der Waals surface area contributed by atoms with Crippen LogP contribution in [-0.2, 0) is 9.53 Å². The molecule has 5 rings (SSSR count). The lowest BCUT2D eigenvalue weighted by atomic mass is 9.96. The Morgan fingerprint density at radius 3 is 2.59 bits per heavy atom. The number of hydrogen-bond acceptors (Lipinski definition) is 7. The third-order valence-corrected chi connectivity index (χ3v) is 7.94. The number of ether oxygens (including phenoxy) is 2. The molecular weight excluding hydrogens is 559 g/mol. The van der Waals surface area contributed by atoms with Gasteiger partial charge in [-0.2, -0.15) is 0 Å². The molecule has 0 saturated carbocycles. The highest BCUT2D eigenvalue weighted by Gasteiger charge is 2.33. The molecule has 39 heavy (non-hydrogen) atoms. The van der Waals surface area contributed by atoms with Gasteiger partial charge in [0.05, 0.1) is 45.1 Å². The minimum absolute atomic E-state index is 0.202. The molecule has 0 fully saturated rings. The molecule has 0 amide bonds. The minimum Gasteiger partial charge on any atom is -0.494 e. The number of benzene rings is 2. The molecule has 0 unspecified atom stereocenters. The maximum Gasteiger partial charge on any atom is 0.338 e. The predicted molar refractivity (Wildman–Crippen MR) is 152 cm³/mol. The molecule has 2 aromatic heterocycles. The van der Waals surface area contributed by atoms with E-state index in [2.05, 4.69) is 4.99 Å². The summed E-state index contributed by atoms with van der Waals surface area (Å²) >= 11 is 13.7. The summed E-state index contributed by atoms with van der Waals surface area (Å²) in [6.07, 6.45) is 1.66. The molecule has 0 saturated heterocycles. The average Bonchev–Trinajstić information content (AvgIpc) is 3.50. The number of allylic oxidation sites excluding steroid dienone is 1. The van der Waals surface area contributed by atoms with Gasteiger partial charge in [-0.15, -0.1) is 0 Å². The molecule has 0 bridgehead atoms. The van der Waals surface area contributed by atoms with Crippen molar-refractivity contribution in [1.82, 2.24) is 4.57 Å². The fourth-order valence-corrected chi connectivity index (χ4v) is 5.84. The largest absolute Gasteiger partial charge is 0.494 e. The van der Waals surface area contributed by atoms with E-state index in [0.29, 0.717) is 60.1 Å². The number of hydrogen-bond donors (Lipinski definition) is 0. The van der Waals surface area contributed by atoms with Crippen LogP contribution in [0.3, 0.4) is 0 Å². The van der Waals surface area contributed by atoms with E-state index in [1.54, 1.807) is 50.3 Å². The van der Waals surface area contributed by atoms with Crippen molar-refractivity contribution >= 4 is 46.6 Å². The molecular formula is C29H24Cl2N2O5S. The fraction of sp³-hybridized carbons (Fsp3) is 0.207. The number of thiazole rings is 1. The predicted octanol–water partition coefficient (Wildman–Crippen LogP) is 5.76. The Kier molecular flexibility index (Phi) is 7.79. The van der Waals surface area contributed by atoms with Crippen LogP contribution in [0.1, 0.15) is 38.1 Å². The number of furan rings is 1. The van der Waals surface area contributed by atoms with Crippen molar-refractivity contribution in [2.45, 2.75) is 26.8 Å². The Balaban J connectivity index is 1.62. The zero-order valence-corrected chi connectivity index (χ0v) is 23.7. The molecule has 2 aromatic carbocycles. The highest BCUT2D eigenvalue weighted by atomic mass is 35.5. The van der Waals surface area contributed by atoms with E-state index in [4.69, 9.17) is 37.1 Å². The molecule has 4 aromatic rings. The maximum atomic E-state index is 13.8. The second kappa shape index (κ2) is 11.3. The maximum absolute atomic E-state index is 13.8. The first-order chi connectivity index (χ1) is 18.8. The lowest BCUT2D eigenvalue weighted by Gasteiger charge is -2.24. The monoisotopic (exact) mass is 582 g/mol. The summed E-state index contributed by atoms with van der Waals surface area (Å²) in [6.45, 7) is 6.12. The van der Waals surface area contributed by atoms with Crippen molar-refractivity contribution in [2.24, 2.45) is 4.99 Å². The van der Waals surface area contributed by atoms with E-state index < -0.39 is 12.0 Å². The number of aromatic nitrogens is 1. The average molecular weight is 583 g/mol. The van der Waals surface area contributed by atoms with Crippen LogP contribution in [0.5, 0.6) is 5.75 Å². The molecule has 7 nitrogen and oxygen atoms in total. The van der Waals surface area contributed by atoms with E-state index in [0.717, 1.165) is 5.56 Å². The van der Waals surface area contributed by atoms with Crippen LogP contribution in [0, 0.1) is 0 Å². The van der Waals surface area contributed by atoms with Gasteiger partial charge >= 0.3 is 5.97 Å². The number of carbonyl (C=O) groups excluding carboxylic acids is 1. The Hall–Kier alpha value is -3.59. The molecule has 0 N–H and O–H groups in total. The SMILES string of the molecule is CCOC(=O)C1=C(C)N=c2s/c(=C\c3ccc(-c4cccc(Cl)c4Cl)o3)c(=O)n2[C@H]1c1ccc(OCC)cc1. The number of rotatable bonds is 7. The third kappa shape index (κ3) is 5.20. The van der Waals surface area contributed by atoms with Crippen molar-refractivity contribution in [2.75, 3.05) is 13.2 Å². The summed E-state index contributed by atoms with van der Waals surface area (Å²) < 4.78 is 18.8. The molecule has 0 aliphatic carbocycles. The highest BCUT2D eigenvalue weighted by molar-refractivity contribution is 7.07. The Labute approximate surface area is 238 Å². The highest BCUT2D eigenvalue weighted by Crippen LogP contribution is 2.35. The van der Waals surface area contributed by atoms with E-state index in [1.807, 2.05) is 31.2 Å². The van der Waals surface area contributed by atoms with Crippen molar-refractivity contribution in [3.63, 3.8) is 0 Å². The van der Waals surface area contributed by atoms with Crippen molar-refractivity contribution in [3.8, 4) is 17.1 Å². The zero-order chi connectivity index (χ0) is 27.7. The van der Waals surface area contributed by atoms with Gasteiger partial charge < -0.3 is 13.9 Å². The van der Waals surface area contributed by atoms with Crippen LogP contribution < -0.4 is 19.6 Å². The number of carbonyl (C=O) groups is 1. The van der Waals surface area contributed by atoms with Gasteiger partial charge in [0, 0.05) is 11.6 Å². The Morgan fingerprint density at radius 1 is 1.10 bits per heavy atom. The van der Waals surface area contributed by atoms with Crippen LogP contribution in [0.25, 0.3) is 17.4 Å². The summed E-state index contributed by atoms with van der Waals surface area (Å²) in [7, 11) is 0. The summed E-state index contributed by atoms with van der Waals surface area (Å²) in [6, 6.07) is 15.4.